The molecule has 0 heterocycles. The molecule has 0 aliphatic carbocycles. The molecule has 0 aliphatic heterocycles. The molecule has 9 nitrogen and oxygen atoms in total. The van der Waals surface area contributed by atoms with Crippen LogP contribution >= 0.6 is 0 Å². The summed E-state index contributed by atoms with van der Waals surface area (Å²) in [5, 5.41) is 2.35. The van der Waals surface area contributed by atoms with E-state index in [4.69, 9.17) is 0 Å². The van der Waals surface area contributed by atoms with Gasteiger partial charge in [-0.25, -0.2) is 13.1 Å². The lowest BCUT2D eigenvalue weighted by molar-refractivity contribution is -0.141. The Morgan fingerprint density at radius 2 is 1.62 bits per heavy atom. The average Bonchev–Trinajstić information content (AvgIpc) is 2.52. The van der Waals surface area contributed by atoms with Gasteiger partial charge < -0.3 is 5.32 Å². The Hall–Kier alpha value is -2.46. The highest BCUT2D eigenvalue weighted by atomic mass is 32.2. The van der Waals surface area contributed by atoms with Crippen molar-refractivity contribution in [1.29, 1.82) is 0 Å². The van der Waals surface area contributed by atoms with Crippen molar-refractivity contribution in [1.82, 2.24) is 20.9 Å². The van der Waals surface area contributed by atoms with Gasteiger partial charge in [0.2, 0.25) is 15.9 Å². The Balaban J connectivity index is 2.34. The maximum absolute atomic E-state index is 11.9. The number of carbonyl (C=O) groups excluding carboxylic acids is 3. The zero-order valence-electron chi connectivity index (χ0n) is 13.3. The SMILES string of the molecule is CC(C)NC(=O)C(=O)NNC(=O)CCNS(=O)(=O)c1ccccc1. The molecule has 1 rings (SSSR count). The molecule has 0 bridgehead atoms. The smallest absolute Gasteiger partial charge is 0.327 e. The van der Waals surface area contributed by atoms with Gasteiger partial charge >= 0.3 is 11.8 Å². The van der Waals surface area contributed by atoms with Crippen LogP contribution in [0.25, 0.3) is 0 Å². The van der Waals surface area contributed by atoms with Gasteiger partial charge in [-0.05, 0) is 26.0 Å². The number of benzene rings is 1. The molecule has 24 heavy (non-hydrogen) atoms. The molecule has 0 fully saturated rings. The second kappa shape index (κ2) is 8.99. The van der Waals surface area contributed by atoms with Crippen LogP contribution in [0, 0.1) is 0 Å². The van der Waals surface area contributed by atoms with Crippen LogP contribution in [-0.4, -0.2) is 38.7 Å². The minimum absolute atomic E-state index is 0.0871. The van der Waals surface area contributed by atoms with E-state index < -0.39 is 27.7 Å². The monoisotopic (exact) mass is 356 g/mol. The molecule has 0 radical (unpaired) electrons. The summed E-state index contributed by atoms with van der Waals surface area (Å²) in [6.45, 7) is 3.21. The van der Waals surface area contributed by atoms with Gasteiger partial charge in [0.05, 0.1) is 4.90 Å². The molecular formula is C14H20N4O5S. The van der Waals surface area contributed by atoms with E-state index in [1.807, 2.05) is 10.9 Å². The van der Waals surface area contributed by atoms with Crippen LogP contribution in [0.3, 0.4) is 0 Å². The van der Waals surface area contributed by atoms with Crippen LogP contribution in [0.15, 0.2) is 35.2 Å². The van der Waals surface area contributed by atoms with Crippen LogP contribution in [0.2, 0.25) is 0 Å². The van der Waals surface area contributed by atoms with Gasteiger partial charge in [-0.1, -0.05) is 18.2 Å². The lowest BCUT2D eigenvalue weighted by Gasteiger charge is -2.10. The van der Waals surface area contributed by atoms with Gasteiger partial charge in [-0.3, -0.25) is 25.2 Å². The van der Waals surface area contributed by atoms with Crippen LogP contribution in [0.1, 0.15) is 20.3 Å². The number of rotatable bonds is 6. The van der Waals surface area contributed by atoms with E-state index in [0.717, 1.165) is 0 Å². The summed E-state index contributed by atoms with van der Waals surface area (Å²) < 4.78 is 26.1. The molecule has 4 N–H and O–H groups in total. The number of hydrogen-bond acceptors (Lipinski definition) is 5. The first-order chi connectivity index (χ1) is 11.2. The summed E-state index contributed by atoms with van der Waals surface area (Å²) in [5.41, 5.74) is 3.97. The molecule has 0 saturated heterocycles. The van der Waals surface area contributed by atoms with Crippen molar-refractivity contribution in [2.24, 2.45) is 0 Å². The number of amides is 3. The summed E-state index contributed by atoms with van der Waals surface area (Å²) in [6.07, 6.45) is -0.210. The van der Waals surface area contributed by atoms with Gasteiger partial charge in [0.1, 0.15) is 0 Å². The van der Waals surface area contributed by atoms with Gasteiger partial charge in [0, 0.05) is 19.0 Å². The largest absolute Gasteiger partial charge is 0.346 e. The Kier molecular flexibility index (Phi) is 7.33. The Morgan fingerprint density at radius 1 is 1.00 bits per heavy atom. The number of carbonyl (C=O) groups is 3. The van der Waals surface area contributed by atoms with Crippen LogP contribution in [0.5, 0.6) is 0 Å². The molecule has 3 amide bonds. The van der Waals surface area contributed by atoms with Crippen molar-refractivity contribution in [3.63, 3.8) is 0 Å². The zero-order valence-corrected chi connectivity index (χ0v) is 14.1. The normalized spacial score (nSPS) is 11.0. The molecule has 10 heteroatoms. The summed E-state index contributed by atoms with van der Waals surface area (Å²) in [7, 11) is -3.70. The predicted molar refractivity (Wildman–Crippen MR) is 85.8 cm³/mol. The minimum atomic E-state index is -3.70. The molecule has 1 aromatic rings. The van der Waals surface area contributed by atoms with E-state index in [-0.39, 0.29) is 23.9 Å². The summed E-state index contributed by atoms with van der Waals surface area (Å²) >= 11 is 0. The van der Waals surface area contributed by atoms with Crippen molar-refractivity contribution in [2.45, 2.75) is 31.2 Å². The van der Waals surface area contributed by atoms with Crippen LogP contribution in [-0.2, 0) is 24.4 Å². The Bertz CT molecular complexity index is 688. The van der Waals surface area contributed by atoms with Crippen LogP contribution < -0.4 is 20.9 Å². The quantitative estimate of drug-likeness (QED) is 0.384. The maximum atomic E-state index is 11.9. The number of hydrogen-bond donors (Lipinski definition) is 4. The molecule has 0 saturated carbocycles. The van der Waals surface area contributed by atoms with Crippen molar-refractivity contribution < 1.29 is 22.8 Å². The molecule has 0 unspecified atom stereocenters. The number of nitrogens with one attached hydrogen (secondary N) is 4. The first kappa shape index (κ1) is 19.6. The van der Waals surface area contributed by atoms with E-state index in [9.17, 15) is 22.8 Å². The summed E-state index contributed by atoms with van der Waals surface area (Å²) in [5.74, 6) is -2.53. The van der Waals surface area contributed by atoms with E-state index in [0.29, 0.717) is 0 Å². The summed E-state index contributed by atoms with van der Waals surface area (Å²) in [6, 6.07) is 7.49. The molecular weight excluding hydrogens is 336 g/mol. The van der Waals surface area contributed by atoms with Gasteiger partial charge in [0.25, 0.3) is 0 Å². The van der Waals surface area contributed by atoms with Crippen LogP contribution in [0.4, 0.5) is 0 Å². The fraction of sp³-hybridized carbons (Fsp3) is 0.357. The lowest BCUT2D eigenvalue weighted by Crippen LogP contribution is -2.50. The second-order valence-corrected chi connectivity index (χ2v) is 6.86. The van der Waals surface area contributed by atoms with E-state index in [2.05, 4.69) is 10.0 Å². The predicted octanol–water partition coefficient (Wildman–Crippen LogP) is -0.973. The lowest BCUT2D eigenvalue weighted by atomic mass is 10.4. The summed E-state index contributed by atoms with van der Waals surface area (Å²) in [4.78, 5) is 34.3. The zero-order chi connectivity index (χ0) is 18.2. The third kappa shape index (κ3) is 6.75. The highest BCUT2D eigenvalue weighted by Crippen LogP contribution is 2.06. The average molecular weight is 356 g/mol. The minimum Gasteiger partial charge on any atom is -0.346 e. The number of sulfonamides is 1. The molecule has 0 atom stereocenters. The van der Waals surface area contributed by atoms with Crippen molar-refractivity contribution in [3.8, 4) is 0 Å². The number of hydrazine groups is 1. The molecule has 0 aliphatic rings. The molecule has 132 valence electrons. The third-order valence-corrected chi connectivity index (χ3v) is 4.12. The highest BCUT2D eigenvalue weighted by molar-refractivity contribution is 7.89. The van der Waals surface area contributed by atoms with Crippen molar-refractivity contribution >= 4 is 27.7 Å². The van der Waals surface area contributed by atoms with Crippen molar-refractivity contribution in [3.05, 3.63) is 30.3 Å². The van der Waals surface area contributed by atoms with Gasteiger partial charge in [-0.15, -0.1) is 0 Å². The Morgan fingerprint density at radius 3 is 2.21 bits per heavy atom. The molecule has 1 aromatic carbocycles. The molecule has 0 aromatic heterocycles. The molecule has 0 spiro atoms. The maximum Gasteiger partial charge on any atom is 0.327 e. The fourth-order valence-corrected chi connectivity index (χ4v) is 2.61. The van der Waals surface area contributed by atoms with E-state index in [1.165, 1.54) is 12.1 Å². The fourth-order valence-electron chi connectivity index (χ4n) is 1.56. The van der Waals surface area contributed by atoms with Gasteiger partial charge in [0.15, 0.2) is 0 Å². The first-order valence-electron chi connectivity index (χ1n) is 7.17. The standard InChI is InChI=1S/C14H20N4O5S/c1-10(2)16-13(20)14(21)18-17-12(19)8-9-15-24(22,23)11-6-4-3-5-7-11/h3-7,10,15H,8-9H2,1-2H3,(H,16,20)(H,17,19)(H,18,21). The Labute approximate surface area is 140 Å². The topological polar surface area (TPSA) is 133 Å². The van der Waals surface area contributed by atoms with E-state index in [1.54, 1.807) is 32.0 Å². The highest BCUT2D eigenvalue weighted by Gasteiger charge is 2.16. The van der Waals surface area contributed by atoms with E-state index >= 15 is 0 Å². The third-order valence-electron chi connectivity index (χ3n) is 2.64. The first-order valence-corrected chi connectivity index (χ1v) is 8.65. The second-order valence-electron chi connectivity index (χ2n) is 5.09. The van der Waals surface area contributed by atoms with Crippen molar-refractivity contribution in [2.75, 3.05) is 6.54 Å². The van der Waals surface area contributed by atoms with Gasteiger partial charge in [-0.2, -0.15) is 0 Å².